The van der Waals surface area contributed by atoms with Crippen molar-refractivity contribution in [1.82, 2.24) is 5.32 Å². The van der Waals surface area contributed by atoms with Gasteiger partial charge in [0.15, 0.2) is 0 Å². The van der Waals surface area contributed by atoms with Crippen LogP contribution >= 0.6 is 0 Å². The lowest BCUT2D eigenvalue weighted by Crippen LogP contribution is -2.53. The Morgan fingerprint density at radius 1 is 1.40 bits per heavy atom. The van der Waals surface area contributed by atoms with E-state index in [1.165, 1.54) is 0 Å². The van der Waals surface area contributed by atoms with Crippen LogP contribution in [0.4, 0.5) is 0 Å². The number of carbonyl (C=O) groups is 2. The zero-order chi connectivity index (χ0) is 14.8. The van der Waals surface area contributed by atoms with Gasteiger partial charge in [-0.05, 0) is 19.4 Å². The molecule has 0 amide bonds. The maximum Gasteiger partial charge on any atom is 0.355 e. The molecular weight excluding hydrogens is 256 g/mol. The van der Waals surface area contributed by atoms with E-state index in [-0.39, 0.29) is 6.61 Å². The maximum atomic E-state index is 12.3. The minimum absolute atomic E-state index is 0.108. The number of nitrogens with one attached hydrogen (secondary N) is 1. The number of rotatable bonds is 3. The Balaban J connectivity index is 2.44. The van der Waals surface area contributed by atoms with E-state index >= 15 is 0 Å². The van der Waals surface area contributed by atoms with Crippen LogP contribution in [0, 0.1) is 11.3 Å². The zero-order valence-electron chi connectivity index (χ0n) is 11.3. The van der Waals surface area contributed by atoms with Crippen LogP contribution in [-0.4, -0.2) is 23.9 Å². The fourth-order valence-corrected chi connectivity index (χ4v) is 2.13. The molecule has 0 spiro atoms. The molecule has 0 aromatic heterocycles. The van der Waals surface area contributed by atoms with Crippen molar-refractivity contribution < 1.29 is 14.3 Å². The number of hydrogen-bond acceptors (Lipinski definition) is 5. The van der Waals surface area contributed by atoms with E-state index in [0.717, 1.165) is 5.56 Å². The van der Waals surface area contributed by atoms with Crippen molar-refractivity contribution in [2.24, 2.45) is 0 Å². The average Bonchev–Trinajstić information content (AvgIpc) is 2.74. The number of esters is 1. The molecule has 0 bridgehead atoms. The van der Waals surface area contributed by atoms with Crippen molar-refractivity contribution in [3.8, 4) is 6.07 Å². The third-order valence-electron chi connectivity index (χ3n) is 3.18. The summed E-state index contributed by atoms with van der Waals surface area (Å²) in [6, 6.07) is 10.9. The normalized spacial score (nSPS) is 21.4. The van der Waals surface area contributed by atoms with Crippen LogP contribution in [0.15, 0.2) is 35.9 Å². The number of carbonyl (C=O) groups excluding carboxylic acids is 2. The highest BCUT2D eigenvalue weighted by atomic mass is 16.5. The fourth-order valence-electron chi connectivity index (χ4n) is 2.13. The Kier molecular flexibility index (Phi) is 3.57. The Hall–Kier alpha value is -2.61. The minimum Gasteiger partial charge on any atom is -0.463 e. The first-order valence-electron chi connectivity index (χ1n) is 6.24. The Morgan fingerprint density at radius 2 is 2.05 bits per heavy atom. The second kappa shape index (κ2) is 5.17. The van der Waals surface area contributed by atoms with Gasteiger partial charge < -0.3 is 10.1 Å². The highest BCUT2D eigenvalue weighted by molar-refractivity contribution is 6.25. The standard InChI is InChI=1S/C15H14N2O3/c1-3-20-14(19)15(9-16)13(18)10(2)12(17-15)11-7-5-4-6-8-11/h4-8,17H,3H2,1-2H3. The van der Waals surface area contributed by atoms with Gasteiger partial charge in [-0.25, -0.2) is 4.79 Å². The number of nitriles is 1. The van der Waals surface area contributed by atoms with Crippen molar-refractivity contribution in [2.45, 2.75) is 19.4 Å². The van der Waals surface area contributed by atoms with Crippen LogP contribution < -0.4 is 5.32 Å². The van der Waals surface area contributed by atoms with Gasteiger partial charge in [-0.2, -0.15) is 5.26 Å². The molecule has 1 N–H and O–H groups in total. The number of nitrogens with zero attached hydrogens (tertiary/aromatic N) is 1. The van der Waals surface area contributed by atoms with Crippen LogP contribution in [0.2, 0.25) is 0 Å². The van der Waals surface area contributed by atoms with E-state index in [9.17, 15) is 14.9 Å². The summed E-state index contributed by atoms with van der Waals surface area (Å²) in [6.45, 7) is 3.33. The molecular formula is C15H14N2O3. The summed E-state index contributed by atoms with van der Waals surface area (Å²) in [5.41, 5.74) is -0.374. The number of benzene rings is 1. The Labute approximate surface area is 116 Å². The van der Waals surface area contributed by atoms with E-state index in [2.05, 4.69) is 5.32 Å². The predicted molar refractivity (Wildman–Crippen MR) is 72.2 cm³/mol. The molecule has 5 heteroatoms. The molecule has 5 nitrogen and oxygen atoms in total. The van der Waals surface area contributed by atoms with E-state index in [1.54, 1.807) is 32.0 Å². The van der Waals surface area contributed by atoms with Gasteiger partial charge in [0.1, 0.15) is 6.07 Å². The van der Waals surface area contributed by atoms with Gasteiger partial charge in [0.05, 0.1) is 12.3 Å². The third-order valence-corrected chi connectivity index (χ3v) is 3.18. The third kappa shape index (κ3) is 1.95. The lowest BCUT2D eigenvalue weighted by molar-refractivity contribution is -0.150. The molecule has 2 rings (SSSR count). The smallest absolute Gasteiger partial charge is 0.355 e. The van der Waals surface area contributed by atoms with Crippen molar-refractivity contribution in [3.05, 3.63) is 41.5 Å². The van der Waals surface area contributed by atoms with Crippen molar-refractivity contribution in [3.63, 3.8) is 0 Å². The second-order valence-electron chi connectivity index (χ2n) is 4.40. The molecule has 1 aromatic carbocycles. The summed E-state index contributed by atoms with van der Waals surface area (Å²) in [7, 11) is 0. The van der Waals surface area contributed by atoms with Gasteiger partial charge in [0.2, 0.25) is 5.78 Å². The molecule has 1 atom stereocenters. The first-order chi connectivity index (χ1) is 9.56. The molecule has 20 heavy (non-hydrogen) atoms. The highest BCUT2D eigenvalue weighted by Crippen LogP contribution is 2.30. The number of ketones is 1. The summed E-state index contributed by atoms with van der Waals surface area (Å²) in [5.74, 6) is -1.42. The van der Waals surface area contributed by atoms with Gasteiger partial charge in [0, 0.05) is 5.57 Å². The van der Waals surface area contributed by atoms with Crippen LogP contribution in [0.3, 0.4) is 0 Å². The van der Waals surface area contributed by atoms with Gasteiger partial charge in [-0.3, -0.25) is 4.79 Å². The largest absolute Gasteiger partial charge is 0.463 e. The Bertz CT molecular complexity index is 628. The first-order valence-corrected chi connectivity index (χ1v) is 6.24. The average molecular weight is 270 g/mol. The number of ether oxygens (including phenoxy) is 1. The number of Topliss-reactive ketones (excluding diaryl/α,β-unsaturated/α-hetero) is 1. The zero-order valence-corrected chi connectivity index (χ0v) is 11.3. The topological polar surface area (TPSA) is 79.2 Å². The van der Waals surface area contributed by atoms with Crippen LogP contribution in [-0.2, 0) is 14.3 Å². The number of hydrogen-bond donors (Lipinski definition) is 1. The molecule has 1 aromatic rings. The van der Waals surface area contributed by atoms with E-state index in [0.29, 0.717) is 11.3 Å². The summed E-state index contributed by atoms with van der Waals surface area (Å²) in [5, 5.41) is 12.1. The van der Waals surface area contributed by atoms with E-state index in [1.807, 2.05) is 18.2 Å². The van der Waals surface area contributed by atoms with E-state index < -0.39 is 17.3 Å². The molecule has 102 valence electrons. The maximum absolute atomic E-state index is 12.3. The lowest BCUT2D eigenvalue weighted by Gasteiger charge is -2.19. The van der Waals surface area contributed by atoms with Crippen LogP contribution in [0.5, 0.6) is 0 Å². The molecule has 0 fully saturated rings. The monoisotopic (exact) mass is 270 g/mol. The first kappa shape index (κ1) is 13.8. The van der Waals surface area contributed by atoms with Crippen LogP contribution in [0.25, 0.3) is 5.70 Å². The molecule has 1 aliphatic rings. The molecule has 0 aliphatic carbocycles. The van der Waals surface area contributed by atoms with Gasteiger partial charge in [0.25, 0.3) is 5.54 Å². The summed E-state index contributed by atoms with van der Waals surface area (Å²) in [6.07, 6.45) is 0. The Morgan fingerprint density at radius 3 is 2.60 bits per heavy atom. The molecule has 0 saturated carbocycles. The fraction of sp³-hybridized carbons (Fsp3) is 0.267. The predicted octanol–water partition coefficient (Wildman–Crippen LogP) is 1.42. The lowest BCUT2D eigenvalue weighted by atomic mass is 9.95. The summed E-state index contributed by atoms with van der Waals surface area (Å²) in [4.78, 5) is 24.3. The second-order valence-corrected chi connectivity index (χ2v) is 4.40. The molecule has 1 unspecified atom stereocenters. The highest BCUT2D eigenvalue weighted by Gasteiger charge is 2.53. The van der Waals surface area contributed by atoms with Gasteiger partial charge in [-0.15, -0.1) is 0 Å². The molecule has 1 aliphatic heterocycles. The quantitative estimate of drug-likeness (QED) is 0.663. The van der Waals surface area contributed by atoms with Crippen molar-refractivity contribution in [2.75, 3.05) is 6.61 Å². The molecule has 1 heterocycles. The summed E-state index contributed by atoms with van der Waals surface area (Å²) >= 11 is 0. The van der Waals surface area contributed by atoms with Crippen LogP contribution in [0.1, 0.15) is 19.4 Å². The minimum atomic E-state index is -1.97. The van der Waals surface area contributed by atoms with Gasteiger partial charge in [-0.1, -0.05) is 30.3 Å². The van der Waals surface area contributed by atoms with E-state index in [4.69, 9.17) is 4.74 Å². The SMILES string of the molecule is CCOC(=O)C1(C#N)NC(c2ccccc2)=C(C)C1=O. The van der Waals surface area contributed by atoms with Gasteiger partial charge >= 0.3 is 5.97 Å². The summed E-state index contributed by atoms with van der Waals surface area (Å²) < 4.78 is 4.85. The molecule has 0 saturated heterocycles. The molecule has 0 radical (unpaired) electrons. The van der Waals surface area contributed by atoms with Crippen molar-refractivity contribution >= 4 is 17.4 Å². The van der Waals surface area contributed by atoms with Crippen molar-refractivity contribution in [1.29, 1.82) is 5.26 Å².